The molecule has 0 bridgehead atoms. The Bertz CT molecular complexity index is 1720. The number of sulfonamides is 1. The van der Waals surface area contributed by atoms with E-state index in [0.717, 1.165) is 26.6 Å². The molecule has 9 heteroatoms. The highest BCUT2D eigenvalue weighted by molar-refractivity contribution is 7.92. The number of rotatable bonds is 13. The van der Waals surface area contributed by atoms with Gasteiger partial charge in [0.15, 0.2) is 0 Å². The van der Waals surface area contributed by atoms with Crippen LogP contribution in [0.1, 0.15) is 42.5 Å². The van der Waals surface area contributed by atoms with Crippen LogP contribution in [0.15, 0.2) is 108 Å². The lowest BCUT2D eigenvalue weighted by Gasteiger charge is -2.34. The summed E-state index contributed by atoms with van der Waals surface area (Å²) < 4.78 is 29.5. The first-order chi connectivity index (χ1) is 21.5. The quantitative estimate of drug-likeness (QED) is 0.175. The van der Waals surface area contributed by atoms with Gasteiger partial charge in [-0.1, -0.05) is 91.3 Å². The lowest BCUT2D eigenvalue weighted by atomic mass is 10.0. The predicted molar refractivity (Wildman–Crippen MR) is 181 cm³/mol. The SMILES string of the molecule is CC[C@H](C)NC(=O)[C@@H](Cc1ccccc1)N(Cc1cccc(Cl)c1)C(=O)CN(c1cccc(C)c1C)S(=O)(=O)c1ccccc1. The second-order valence-electron chi connectivity index (χ2n) is 11.2. The number of hydrogen-bond acceptors (Lipinski definition) is 4. The standard InChI is InChI=1S/C36H40ClN3O4S/c1-5-27(3)38-36(42)34(23-29-15-8-6-9-16-29)39(24-30-17-13-18-31(37)22-30)35(41)25-40(33-21-12-14-26(2)28(33)4)45(43,44)32-19-10-7-11-20-32/h6-22,27,34H,5,23-25H2,1-4H3,(H,38,42)/t27-,34+/m0/s1. The van der Waals surface area contributed by atoms with Crippen molar-refractivity contribution in [1.29, 1.82) is 0 Å². The molecule has 0 heterocycles. The maximum atomic E-state index is 14.6. The molecule has 0 unspecified atom stereocenters. The number of halogens is 1. The molecule has 0 aliphatic carbocycles. The van der Waals surface area contributed by atoms with Crippen molar-refractivity contribution in [2.45, 2.75) is 64.1 Å². The molecule has 2 atom stereocenters. The van der Waals surface area contributed by atoms with Crippen molar-refractivity contribution in [2.24, 2.45) is 0 Å². The fraction of sp³-hybridized carbons (Fsp3) is 0.278. The minimum atomic E-state index is -4.17. The Balaban J connectivity index is 1.83. The predicted octanol–water partition coefficient (Wildman–Crippen LogP) is 6.71. The van der Waals surface area contributed by atoms with Crippen LogP contribution in [-0.2, 0) is 32.6 Å². The number of hydrogen-bond donors (Lipinski definition) is 1. The number of anilines is 1. The largest absolute Gasteiger partial charge is 0.352 e. The molecule has 4 aromatic carbocycles. The average molecular weight is 646 g/mol. The van der Waals surface area contributed by atoms with Gasteiger partial charge < -0.3 is 10.2 Å². The molecule has 7 nitrogen and oxygen atoms in total. The molecular formula is C36H40ClN3O4S. The van der Waals surface area contributed by atoms with E-state index in [0.29, 0.717) is 17.1 Å². The van der Waals surface area contributed by atoms with Crippen LogP contribution in [-0.4, -0.2) is 43.8 Å². The molecule has 0 saturated carbocycles. The van der Waals surface area contributed by atoms with Crippen LogP contribution in [0, 0.1) is 13.8 Å². The topological polar surface area (TPSA) is 86.8 Å². The zero-order chi connectivity index (χ0) is 32.6. The highest BCUT2D eigenvalue weighted by atomic mass is 35.5. The van der Waals surface area contributed by atoms with Crippen molar-refractivity contribution in [1.82, 2.24) is 10.2 Å². The number of aryl methyl sites for hydroxylation is 1. The Morgan fingerprint density at radius 3 is 2.11 bits per heavy atom. The zero-order valence-electron chi connectivity index (χ0n) is 26.1. The van der Waals surface area contributed by atoms with Gasteiger partial charge in [-0.25, -0.2) is 8.42 Å². The maximum absolute atomic E-state index is 14.6. The van der Waals surface area contributed by atoms with Gasteiger partial charge in [0.25, 0.3) is 10.0 Å². The first-order valence-electron chi connectivity index (χ1n) is 15.0. The minimum absolute atomic E-state index is 0.0524. The van der Waals surface area contributed by atoms with Crippen molar-refractivity contribution in [3.63, 3.8) is 0 Å². The molecule has 0 aliphatic heterocycles. The lowest BCUT2D eigenvalue weighted by Crippen LogP contribution is -2.54. The molecule has 0 spiro atoms. The van der Waals surface area contributed by atoms with E-state index < -0.39 is 28.5 Å². The van der Waals surface area contributed by atoms with Crippen LogP contribution in [0.4, 0.5) is 5.69 Å². The van der Waals surface area contributed by atoms with E-state index in [4.69, 9.17) is 11.6 Å². The Labute approximate surface area is 271 Å². The third kappa shape index (κ3) is 8.53. The number of carbonyl (C=O) groups excluding carboxylic acids is 2. The second kappa shape index (κ2) is 15.2. The van der Waals surface area contributed by atoms with Crippen molar-refractivity contribution < 1.29 is 18.0 Å². The Kier molecular flexibility index (Phi) is 11.4. The van der Waals surface area contributed by atoms with Gasteiger partial charge in [0.2, 0.25) is 11.8 Å². The van der Waals surface area contributed by atoms with Crippen LogP contribution < -0.4 is 9.62 Å². The summed E-state index contributed by atoms with van der Waals surface area (Å²) in [7, 11) is -4.17. The average Bonchev–Trinajstić information content (AvgIpc) is 3.03. The van der Waals surface area contributed by atoms with Crippen molar-refractivity contribution >= 4 is 39.1 Å². The summed E-state index contributed by atoms with van der Waals surface area (Å²) in [5.41, 5.74) is 3.61. The van der Waals surface area contributed by atoms with E-state index in [2.05, 4.69) is 5.32 Å². The molecule has 45 heavy (non-hydrogen) atoms. The van der Waals surface area contributed by atoms with E-state index >= 15 is 0 Å². The highest BCUT2D eigenvalue weighted by Gasteiger charge is 2.35. The van der Waals surface area contributed by atoms with Gasteiger partial charge in [0, 0.05) is 24.0 Å². The van der Waals surface area contributed by atoms with E-state index in [1.54, 1.807) is 48.5 Å². The van der Waals surface area contributed by atoms with Crippen LogP contribution in [0.2, 0.25) is 5.02 Å². The molecule has 0 saturated heterocycles. The fourth-order valence-electron chi connectivity index (χ4n) is 5.07. The van der Waals surface area contributed by atoms with Gasteiger partial charge >= 0.3 is 0 Å². The molecule has 0 aliphatic rings. The Hall–Kier alpha value is -4.14. The third-order valence-electron chi connectivity index (χ3n) is 7.97. The molecule has 4 rings (SSSR count). The molecule has 2 amide bonds. The van der Waals surface area contributed by atoms with Gasteiger partial charge in [-0.3, -0.25) is 13.9 Å². The first-order valence-corrected chi connectivity index (χ1v) is 16.8. The van der Waals surface area contributed by atoms with Crippen molar-refractivity contribution in [3.8, 4) is 0 Å². The molecular weight excluding hydrogens is 606 g/mol. The number of nitrogens with one attached hydrogen (secondary N) is 1. The van der Waals surface area contributed by atoms with Crippen LogP contribution in [0.5, 0.6) is 0 Å². The fourth-order valence-corrected chi connectivity index (χ4v) is 6.77. The van der Waals surface area contributed by atoms with Gasteiger partial charge in [0.05, 0.1) is 10.6 Å². The summed E-state index contributed by atoms with van der Waals surface area (Å²) in [6, 6.07) is 29.0. The number of carbonyl (C=O) groups is 2. The highest BCUT2D eigenvalue weighted by Crippen LogP contribution is 2.29. The molecule has 1 N–H and O–H groups in total. The molecule has 0 aromatic heterocycles. The summed E-state index contributed by atoms with van der Waals surface area (Å²) in [4.78, 5) is 30.1. The van der Waals surface area contributed by atoms with Gasteiger partial charge in [0.1, 0.15) is 12.6 Å². The van der Waals surface area contributed by atoms with Crippen molar-refractivity contribution in [2.75, 3.05) is 10.8 Å². The van der Waals surface area contributed by atoms with E-state index in [9.17, 15) is 18.0 Å². The van der Waals surface area contributed by atoms with Gasteiger partial charge in [-0.15, -0.1) is 0 Å². The molecule has 236 valence electrons. The van der Waals surface area contributed by atoms with E-state index in [1.807, 2.05) is 70.2 Å². The van der Waals surface area contributed by atoms with Crippen molar-refractivity contribution in [3.05, 3.63) is 130 Å². The number of nitrogens with zero attached hydrogens (tertiary/aromatic N) is 2. The van der Waals surface area contributed by atoms with Gasteiger partial charge in [-0.2, -0.15) is 0 Å². The summed E-state index contributed by atoms with van der Waals surface area (Å²) in [6.07, 6.45) is 0.950. The molecule has 0 fully saturated rings. The number of amides is 2. The summed E-state index contributed by atoms with van der Waals surface area (Å²) in [5, 5.41) is 3.54. The Morgan fingerprint density at radius 1 is 0.844 bits per heavy atom. The van der Waals surface area contributed by atoms with E-state index in [-0.39, 0.29) is 29.8 Å². The zero-order valence-corrected chi connectivity index (χ0v) is 27.7. The first kappa shape index (κ1) is 33.7. The van der Waals surface area contributed by atoms with E-state index in [1.165, 1.54) is 17.0 Å². The normalized spacial score (nSPS) is 12.6. The summed E-state index contributed by atoms with van der Waals surface area (Å²) >= 11 is 6.32. The summed E-state index contributed by atoms with van der Waals surface area (Å²) in [6.45, 7) is 7.16. The monoisotopic (exact) mass is 645 g/mol. The smallest absolute Gasteiger partial charge is 0.264 e. The minimum Gasteiger partial charge on any atom is -0.352 e. The lowest BCUT2D eigenvalue weighted by molar-refractivity contribution is -0.140. The molecule has 4 aromatic rings. The molecule has 0 radical (unpaired) electrons. The second-order valence-corrected chi connectivity index (χ2v) is 13.5. The third-order valence-corrected chi connectivity index (χ3v) is 9.98. The van der Waals surface area contributed by atoms with Crippen LogP contribution in [0.3, 0.4) is 0 Å². The summed E-state index contributed by atoms with van der Waals surface area (Å²) in [5.74, 6) is -0.830. The van der Waals surface area contributed by atoms with Crippen LogP contribution >= 0.6 is 11.6 Å². The Morgan fingerprint density at radius 2 is 1.47 bits per heavy atom. The maximum Gasteiger partial charge on any atom is 0.264 e. The van der Waals surface area contributed by atoms with Crippen LogP contribution in [0.25, 0.3) is 0 Å². The van der Waals surface area contributed by atoms with Gasteiger partial charge in [-0.05, 0) is 79.8 Å². The number of benzene rings is 4.